The molecule has 0 aromatic heterocycles. The van der Waals surface area contributed by atoms with Crippen molar-refractivity contribution in [1.82, 2.24) is 10.2 Å². The van der Waals surface area contributed by atoms with E-state index in [1.807, 2.05) is 36.1 Å². The Labute approximate surface area is 165 Å². The van der Waals surface area contributed by atoms with Crippen LogP contribution in [0.3, 0.4) is 0 Å². The summed E-state index contributed by atoms with van der Waals surface area (Å²) in [6.07, 6.45) is 2.59. The van der Waals surface area contributed by atoms with Gasteiger partial charge in [0.25, 0.3) is 0 Å². The molecule has 0 spiro atoms. The van der Waals surface area contributed by atoms with Crippen molar-refractivity contribution in [1.29, 1.82) is 0 Å². The Morgan fingerprint density at radius 1 is 1.25 bits per heavy atom. The van der Waals surface area contributed by atoms with Crippen LogP contribution in [0.25, 0.3) is 0 Å². The fourth-order valence-corrected chi connectivity index (χ4v) is 4.18. The number of amides is 2. The third-order valence-corrected chi connectivity index (χ3v) is 5.88. The maximum atomic E-state index is 12.7. The summed E-state index contributed by atoms with van der Waals surface area (Å²) in [5.74, 6) is -1.25. The van der Waals surface area contributed by atoms with E-state index in [1.165, 1.54) is 0 Å². The van der Waals surface area contributed by atoms with Crippen molar-refractivity contribution >= 4 is 23.5 Å². The fraction of sp³-hybridized carbons (Fsp3) is 0.571. The van der Waals surface area contributed by atoms with E-state index in [0.29, 0.717) is 13.1 Å². The number of nitrogens with zero attached hydrogens (tertiary/aromatic N) is 2. The van der Waals surface area contributed by atoms with Gasteiger partial charge in [0, 0.05) is 30.7 Å². The summed E-state index contributed by atoms with van der Waals surface area (Å²) in [6, 6.07) is 8.10. The highest BCUT2D eigenvalue weighted by Crippen LogP contribution is 2.30. The third kappa shape index (κ3) is 4.35. The highest BCUT2D eigenvalue weighted by atomic mass is 16.4. The van der Waals surface area contributed by atoms with Gasteiger partial charge in [0.2, 0.25) is 11.8 Å². The number of likely N-dealkylation sites (N-methyl/N-ethyl adjacent to an activating group) is 1. The maximum Gasteiger partial charge on any atom is 0.317 e. The Morgan fingerprint density at radius 2 is 1.96 bits per heavy atom. The highest BCUT2D eigenvalue weighted by Gasteiger charge is 2.39. The molecule has 1 saturated carbocycles. The van der Waals surface area contributed by atoms with E-state index in [2.05, 4.69) is 12.2 Å². The zero-order valence-corrected chi connectivity index (χ0v) is 16.6. The van der Waals surface area contributed by atoms with Gasteiger partial charge in [0.15, 0.2) is 0 Å². The SMILES string of the molecule is CCc1ccccc1N1CC(C(=O)NC2CC(N(CC)CC(=O)O)C2)CC1=O. The van der Waals surface area contributed by atoms with Crippen LogP contribution >= 0.6 is 0 Å². The van der Waals surface area contributed by atoms with Crippen LogP contribution in [0, 0.1) is 5.92 Å². The molecule has 0 bridgehead atoms. The first-order valence-corrected chi connectivity index (χ1v) is 10.1. The zero-order chi connectivity index (χ0) is 20.3. The number of nitrogens with one attached hydrogen (secondary N) is 1. The number of carboxylic acid groups (broad SMARTS) is 1. The maximum absolute atomic E-state index is 12.7. The molecule has 28 heavy (non-hydrogen) atoms. The van der Waals surface area contributed by atoms with E-state index in [9.17, 15) is 14.4 Å². The summed E-state index contributed by atoms with van der Waals surface area (Å²) in [5, 5.41) is 12.0. The Bertz CT molecular complexity index is 745. The van der Waals surface area contributed by atoms with Crippen LogP contribution in [-0.4, -0.2) is 59.5 Å². The van der Waals surface area contributed by atoms with E-state index in [-0.39, 0.29) is 42.8 Å². The summed E-state index contributed by atoms with van der Waals surface area (Å²) in [4.78, 5) is 39.7. The van der Waals surface area contributed by atoms with Gasteiger partial charge in [-0.05, 0) is 37.4 Å². The van der Waals surface area contributed by atoms with Crippen molar-refractivity contribution in [3.05, 3.63) is 29.8 Å². The second-order valence-corrected chi connectivity index (χ2v) is 7.68. The topological polar surface area (TPSA) is 90.0 Å². The minimum absolute atomic E-state index is 0.00819. The number of carbonyl (C=O) groups is 3. The van der Waals surface area contributed by atoms with Crippen molar-refractivity contribution in [2.75, 3.05) is 24.5 Å². The molecule has 7 nitrogen and oxygen atoms in total. The van der Waals surface area contributed by atoms with E-state index in [4.69, 9.17) is 5.11 Å². The number of carboxylic acids is 1. The average Bonchev–Trinajstić information content (AvgIpc) is 3.04. The van der Waals surface area contributed by atoms with Crippen LogP contribution in [0.4, 0.5) is 5.69 Å². The number of benzene rings is 1. The minimum atomic E-state index is -0.828. The number of hydrogen-bond acceptors (Lipinski definition) is 4. The molecule has 2 aliphatic rings. The van der Waals surface area contributed by atoms with Gasteiger partial charge in [-0.1, -0.05) is 32.0 Å². The van der Waals surface area contributed by atoms with Gasteiger partial charge in [-0.2, -0.15) is 0 Å². The number of aliphatic carboxylic acids is 1. The quantitative estimate of drug-likeness (QED) is 0.708. The van der Waals surface area contributed by atoms with Gasteiger partial charge in [-0.15, -0.1) is 0 Å². The second kappa shape index (κ2) is 8.73. The number of aryl methyl sites for hydroxylation is 1. The number of anilines is 1. The molecule has 1 aliphatic heterocycles. The predicted molar refractivity (Wildman–Crippen MR) is 106 cm³/mol. The molecule has 152 valence electrons. The molecule has 1 unspecified atom stereocenters. The molecule has 7 heteroatoms. The van der Waals surface area contributed by atoms with Crippen LogP contribution in [0.2, 0.25) is 0 Å². The van der Waals surface area contributed by atoms with Gasteiger partial charge >= 0.3 is 5.97 Å². The van der Waals surface area contributed by atoms with Crippen molar-refractivity contribution < 1.29 is 19.5 Å². The number of rotatable bonds is 8. The fourth-order valence-electron chi connectivity index (χ4n) is 4.18. The van der Waals surface area contributed by atoms with Crippen LogP contribution in [-0.2, 0) is 20.8 Å². The molecule has 1 heterocycles. The molecular weight excluding hydrogens is 358 g/mol. The summed E-state index contributed by atoms with van der Waals surface area (Å²) >= 11 is 0. The van der Waals surface area contributed by atoms with Crippen molar-refractivity contribution in [2.24, 2.45) is 5.92 Å². The van der Waals surface area contributed by atoms with Gasteiger partial charge in [-0.25, -0.2) is 0 Å². The molecule has 1 saturated heterocycles. The molecular formula is C21H29N3O4. The molecule has 1 aromatic carbocycles. The number of hydrogen-bond donors (Lipinski definition) is 2. The average molecular weight is 387 g/mol. The van der Waals surface area contributed by atoms with Crippen molar-refractivity contribution in [3.63, 3.8) is 0 Å². The second-order valence-electron chi connectivity index (χ2n) is 7.68. The Balaban J connectivity index is 1.53. The third-order valence-electron chi connectivity index (χ3n) is 5.88. The van der Waals surface area contributed by atoms with Gasteiger partial charge < -0.3 is 15.3 Å². The Kier molecular flexibility index (Phi) is 6.34. The van der Waals surface area contributed by atoms with Crippen molar-refractivity contribution in [2.45, 2.75) is 51.6 Å². The Hall–Kier alpha value is -2.41. The summed E-state index contributed by atoms with van der Waals surface area (Å²) in [6.45, 7) is 5.13. The summed E-state index contributed by atoms with van der Waals surface area (Å²) < 4.78 is 0. The van der Waals surface area contributed by atoms with Crippen LogP contribution in [0.5, 0.6) is 0 Å². The van der Waals surface area contributed by atoms with Gasteiger partial charge in [-0.3, -0.25) is 19.3 Å². The van der Waals surface area contributed by atoms with Crippen LogP contribution in [0.15, 0.2) is 24.3 Å². The first-order valence-electron chi connectivity index (χ1n) is 10.1. The molecule has 1 atom stereocenters. The zero-order valence-electron chi connectivity index (χ0n) is 16.6. The number of carbonyl (C=O) groups excluding carboxylic acids is 2. The molecule has 1 aromatic rings. The Morgan fingerprint density at radius 3 is 2.61 bits per heavy atom. The minimum Gasteiger partial charge on any atom is -0.480 e. The van der Waals surface area contributed by atoms with Crippen molar-refractivity contribution in [3.8, 4) is 0 Å². The lowest BCUT2D eigenvalue weighted by Gasteiger charge is -2.42. The molecule has 1 aliphatic carbocycles. The van der Waals surface area contributed by atoms with Crippen LogP contribution in [0.1, 0.15) is 38.7 Å². The number of para-hydroxylation sites is 1. The van der Waals surface area contributed by atoms with Gasteiger partial charge in [0.1, 0.15) is 0 Å². The first kappa shape index (κ1) is 20.3. The highest BCUT2D eigenvalue weighted by molar-refractivity contribution is 6.00. The molecule has 0 radical (unpaired) electrons. The lowest BCUT2D eigenvalue weighted by atomic mass is 9.85. The van der Waals surface area contributed by atoms with E-state index in [0.717, 1.165) is 30.5 Å². The predicted octanol–water partition coefficient (Wildman–Crippen LogP) is 1.66. The van der Waals surface area contributed by atoms with E-state index in [1.54, 1.807) is 4.90 Å². The molecule has 3 rings (SSSR count). The van der Waals surface area contributed by atoms with E-state index >= 15 is 0 Å². The lowest BCUT2D eigenvalue weighted by Crippen LogP contribution is -2.55. The van der Waals surface area contributed by atoms with Gasteiger partial charge in [0.05, 0.1) is 12.5 Å². The van der Waals surface area contributed by atoms with Crippen LogP contribution < -0.4 is 10.2 Å². The molecule has 2 fully saturated rings. The standard InChI is InChI=1S/C21H29N3O4/c1-3-14-7-5-6-8-18(14)24-12-15(9-19(24)25)21(28)22-16-10-17(11-16)23(4-2)13-20(26)27/h5-8,15-17H,3-4,9-13H2,1-2H3,(H,22,28)(H,26,27). The molecule has 2 amide bonds. The first-order chi connectivity index (χ1) is 13.4. The summed E-state index contributed by atoms with van der Waals surface area (Å²) in [5.41, 5.74) is 2.01. The molecule has 2 N–H and O–H groups in total. The monoisotopic (exact) mass is 387 g/mol. The normalized spacial score (nSPS) is 24.3. The smallest absolute Gasteiger partial charge is 0.317 e. The lowest BCUT2D eigenvalue weighted by molar-refractivity contribution is -0.140. The largest absolute Gasteiger partial charge is 0.480 e. The van der Waals surface area contributed by atoms with E-state index < -0.39 is 5.97 Å². The summed E-state index contributed by atoms with van der Waals surface area (Å²) in [7, 11) is 0.